The van der Waals surface area contributed by atoms with Crippen molar-refractivity contribution < 1.29 is 4.39 Å². The Balaban J connectivity index is 2.30. The number of halogens is 1. The Hall–Kier alpha value is -2.42. The molecule has 0 aliphatic heterocycles. The molecule has 0 atom stereocenters. The van der Waals surface area contributed by atoms with Gasteiger partial charge in [0.15, 0.2) is 0 Å². The minimum Gasteiger partial charge on any atom is -0.292 e. The second kappa shape index (κ2) is 3.54. The summed E-state index contributed by atoms with van der Waals surface area (Å²) in [5.74, 6) is -0.215. The Morgan fingerprint density at radius 2 is 1.84 bits per heavy atom. The van der Waals surface area contributed by atoms with E-state index in [4.69, 9.17) is 0 Å². The Bertz CT molecular complexity index is 938. The minimum absolute atomic E-state index is 0.215. The number of aromatic nitrogens is 2. The largest absolute Gasteiger partial charge is 0.292 e. The third-order valence-corrected chi connectivity index (χ3v) is 3.48. The van der Waals surface area contributed by atoms with Gasteiger partial charge in [-0.25, -0.2) is 9.37 Å². The van der Waals surface area contributed by atoms with Gasteiger partial charge < -0.3 is 0 Å². The van der Waals surface area contributed by atoms with Crippen molar-refractivity contribution in [1.82, 2.24) is 9.38 Å². The van der Waals surface area contributed by atoms with Crippen LogP contribution in [0.1, 0.15) is 5.56 Å². The zero-order chi connectivity index (χ0) is 13.0. The standard InChI is InChI=1S/C16H11FN2/c1-10-2-5-13-15(8-10)19-14-6-4-12(17)9-11(14)3-7-16(19)18-13/h2-9H,1H3. The molecule has 0 unspecified atom stereocenters. The summed E-state index contributed by atoms with van der Waals surface area (Å²) < 4.78 is 15.4. The van der Waals surface area contributed by atoms with E-state index in [0.717, 1.165) is 27.6 Å². The molecule has 92 valence electrons. The quantitative estimate of drug-likeness (QED) is 0.459. The van der Waals surface area contributed by atoms with E-state index in [1.54, 1.807) is 12.1 Å². The first-order valence-corrected chi connectivity index (χ1v) is 6.19. The lowest BCUT2D eigenvalue weighted by atomic mass is 10.2. The average molecular weight is 250 g/mol. The molecule has 0 aliphatic carbocycles. The SMILES string of the molecule is Cc1ccc2nc3ccc4cc(F)ccc4n3c2c1. The summed E-state index contributed by atoms with van der Waals surface area (Å²) in [7, 11) is 0. The number of fused-ring (bicyclic) bond motifs is 5. The first-order chi connectivity index (χ1) is 9.22. The molecule has 0 fully saturated rings. The molecule has 0 bridgehead atoms. The monoisotopic (exact) mass is 250 g/mol. The molecule has 2 heterocycles. The van der Waals surface area contributed by atoms with Gasteiger partial charge in [0.05, 0.1) is 16.6 Å². The second-order valence-electron chi connectivity index (χ2n) is 4.83. The van der Waals surface area contributed by atoms with Crippen LogP contribution in [0.5, 0.6) is 0 Å². The zero-order valence-corrected chi connectivity index (χ0v) is 10.4. The van der Waals surface area contributed by atoms with Gasteiger partial charge in [-0.3, -0.25) is 4.40 Å². The van der Waals surface area contributed by atoms with Crippen LogP contribution in [0.25, 0.3) is 27.6 Å². The number of imidazole rings is 1. The highest BCUT2D eigenvalue weighted by Gasteiger charge is 2.08. The molecule has 4 aromatic rings. The number of aryl methyl sites for hydroxylation is 1. The fourth-order valence-electron chi connectivity index (χ4n) is 2.60. The van der Waals surface area contributed by atoms with Crippen LogP contribution < -0.4 is 0 Å². The summed E-state index contributed by atoms with van der Waals surface area (Å²) in [6, 6.07) is 14.9. The third-order valence-electron chi connectivity index (χ3n) is 3.48. The van der Waals surface area contributed by atoms with Crippen molar-refractivity contribution in [1.29, 1.82) is 0 Å². The van der Waals surface area contributed by atoms with Gasteiger partial charge in [0.1, 0.15) is 11.5 Å². The molecule has 0 saturated carbocycles. The van der Waals surface area contributed by atoms with Crippen LogP contribution in [0.4, 0.5) is 4.39 Å². The van der Waals surface area contributed by atoms with E-state index in [-0.39, 0.29) is 5.82 Å². The number of rotatable bonds is 0. The van der Waals surface area contributed by atoms with Gasteiger partial charge in [-0.15, -0.1) is 0 Å². The van der Waals surface area contributed by atoms with Crippen LogP contribution in [-0.4, -0.2) is 9.38 Å². The second-order valence-corrected chi connectivity index (χ2v) is 4.83. The Morgan fingerprint density at radius 1 is 0.947 bits per heavy atom. The topological polar surface area (TPSA) is 17.3 Å². The first-order valence-electron chi connectivity index (χ1n) is 6.19. The van der Waals surface area contributed by atoms with Gasteiger partial charge in [-0.1, -0.05) is 6.07 Å². The maximum atomic E-state index is 13.3. The molecule has 19 heavy (non-hydrogen) atoms. The van der Waals surface area contributed by atoms with E-state index in [1.807, 2.05) is 18.2 Å². The predicted octanol–water partition coefficient (Wildman–Crippen LogP) is 4.09. The normalized spacial score (nSPS) is 11.7. The minimum atomic E-state index is -0.215. The summed E-state index contributed by atoms with van der Waals surface area (Å²) in [4.78, 5) is 4.60. The number of pyridine rings is 1. The number of hydrogen-bond acceptors (Lipinski definition) is 1. The van der Waals surface area contributed by atoms with Crippen LogP contribution in [-0.2, 0) is 0 Å². The maximum Gasteiger partial charge on any atom is 0.138 e. The highest BCUT2D eigenvalue weighted by molar-refractivity contribution is 5.90. The van der Waals surface area contributed by atoms with Crippen LogP contribution in [0, 0.1) is 12.7 Å². The molecule has 0 N–H and O–H groups in total. The van der Waals surface area contributed by atoms with E-state index >= 15 is 0 Å². The Morgan fingerprint density at radius 3 is 2.74 bits per heavy atom. The van der Waals surface area contributed by atoms with Gasteiger partial charge in [0.25, 0.3) is 0 Å². The van der Waals surface area contributed by atoms with Crippen molar-refractivity contribution in [3.05, 3.63) is 59.9 Å². The van der Waals surface area contributed by atoms with Gasteiger partial charge >= 0.3 is 0 Å². The van der Waals surface area contributed by atoms with Gasteiger partial charge in [-0.05, 0) is 55.0 Å². The molecule has 2 aromatic carbocycles. The van der Waals surface area contributed by atoms with Crippen molar-refractivity contribution in [2.45, 2.75) is 6.92 Å². The molecular weight excluding hydrogens is 239 g/mol. The fraction of sp³-hybridized carbons (Fsp3) is 0.0625. The first kappa shape index (κ1) is 10.5. The lowest BCUT2D eigenvalue weighted by Gasteiger charge is -2.03. The summed E-state index contributed by atoms with van der Waals surface area (Å²) in [6.07, 6.45) is 0. The Labute approximate surface area is 109 Å². The molecule has 0 aliphatic rings. The zero-order valence-electron chi connectivity index (χ0n) is 10.4. The van der Waals surface area contributed by atoms with Crippen LogP contribution in [0.2, 0.25) is 0 Å². The van der Waals surface area contributed by atoms with Crippen molar-refractivity contribution in [2.24, 2.45) is 0 Å². The molecule has 0 saturated heterocycles. The number of hydrogen-bond donors (Lipinski definition) is 0. The van der Waals surface area contributed by atoms with E-state index in [1.165, 1.54) is 11.6 Å². The van der Waals surface area contributed by atoms with Gasteiger partial charge in [-0.2, -0.15) is 0 Å². The average Bonchev–Trinajstić information content (AvgIpc) is 2.76. The molecule has 0 spiro atoms. The van der Waals surface area contributed by atoms with Gasteiger partial charge in [0.2, 0.25) is 0 Å². The molecule has 0 radical (unpaired) electrons. The molecule has 0 amide bonds. The fourth-order valence-corrected chi connectivity index (χ4v) is 2.60. The van der Waals surface area contributed by atoms with E-state index in [0.29, 0.717) is 0 Å². The van der Waals surface area contributed by atoms with E-state index in [9.17, 15) is 4.39 Å². The third kappa shape index (κ3) is 1.45. The van der Waals surface area contributed by atoms with Gasteiger partial charge in [0, 0.05) is 5.39 Å². The Kier molecular flexibility index (Phi) is 1.96. The molecule has 2 aromatic heterocycles. The predicted molar refractivity (Wildman–Crippen MR) is 74.9 cm³/mol. The highest BCUT2D eigenvalue weighted by Crippen LogP contribution is 2.24. The van der Waals surface area contributed by atoms with Crippen molar-refractivity contribution in [3.63, 3.8) is 0 Å². The maximum absolute atomic E-state index is 13.3. The number of nitrogens with zero attached hydrogens (tertiary/aromatic N) is 2. The summed E-state index contributed by atoms with van der Waals surface area (Å²) in [6.45, 7) is 2.06. The van der Waals surface area contributed by atoms with Crippen molar-refractivity contribution >= 4 is 27.6 Å². The lowest BCUT2D eigenvalue weighted by molar-refractivity contribution is 0.629. The van der Waals surface area contributed by atoms with Crippen LogP contribution >= 0.6 is 0 Å². The summed E-state index contributed by atoms with van der Waals surface area (Å²) >= 11 is 0. The van der Waals surface area contributed by atoms with E-state index in [2.05, 4.69) is 28.4 Å². The summed E-state index contributed by atoms with van der Waals surface area (Å²) in [5.41, 5.74) is 5.08. The van der Waals surface area contributed by atoms with E-state index < -0.39 is 0 Å². The molecular formula is C16H11FN2. The lowest BCUT2D eigenvalue weighted by Crippen LogP contribution is -1.89. The van der Waals surface area contributed by atoms with Crippen molar-refractivity contribution in [3.8, 4) is 0 Å². The van der Waals surface area contributed by atoms with Crippen molar-refractivity contribution in [2.75, 3.05) is 0 Å². The molecule has 4 rings (SSSR count). The molecule has 2 nitrogen and oxygen atoms in total. The number of benzene rings is 2. The van der Waals surface area contributed by atoms with Crippen LogP contribution in [0.15, 0.2) is 48.5 Å². The van der Waals surface area contributed by atoms with Crippen LogP contribution in [0.3, 0.4) is 0 Å². The molecule has 3 heteroatoms. The highest BCUT2D eigenvalue weighted by atomic mass is 19.1. The summed E-state index contributed by atoms with van der Waals surface area (Å²) in [5, 5.41) is 0.883. The smallest absolute Gasteiger partial charge is 0.138 e.